The van der Waals surface area contributed by atoms with E-state index in [-0.39, 0.29) is 12.5 Å². The van der Waals surface area contributed by atoms with Gasteiger partial charge in [-0.05, 0) is 43.2 Å². The Balaban J connectivity index is 1.40. The number of carbonyl (C=O) groups is 1. The zero-order chi connectivity index (χ0) is 19.5. The summed E-state index contributed by atoms with van der Waals surface area (Å²) in [6.07, 6.45) is 2.55. The summed E-state index contributed by atoms with van der Waals surface area (Å²) in [5, 5.41) is 7.39. The minimum atomic E-state index is -0.0555. The first kappa shape index (κ1) is 18.1. The van der Waals surface area contributed by atoms with Crippen LogP contribution in [0.2, 0.25) is 0 Å². The van der Waals surface area contributed by atoms with Gasteiger partial charge in [0.05, 0.1) is 19.0 Å². The quantitative estimate of drug-likeness (QED) is 0.717. The van der Waals surface area contributed by atoms with Crippen molar-refractivity contribution in [2.45, 2.75) is 26.5 Å². The highest BCUT2D eigenvalue weighted by molar-refractivity contribution is 5.78. The lowest BCUT2D eigenvalue weighted by molar-refractivity contribution is -0.121. The number of amides is 1. The third-order valence-electron chi connectivity index (χ3n) is 4.88. The maximum Gasteiger partial charge on any atom is 0.241 e. The third kappa shape index (κ3) is 3.71. The molecule has 4 rings (SSSR count). The van der Waals surface area contributed by atoms with Gasteiger partial charge in [-0.3, -0.25) is 9.48 Å². The first-order chi connectivity index (χ1) is 13.6. The summed E-state index contributed by atoms with van der Waals surface area (Å²) >= 11 is 0. The molecule has 0 spiro atoms. The predicted molar refractivity (Wildman–Crippen MR) is 106 cm³/mol. The van der Waals surface area contributed by atoms with E-state index in [1.54, 1.807) is 18.0 Å². The van der Waals surface area contributed by atoms with Gasteiger partial charge in [0.25, 0.3) is 0 Å². The van der Waals surface area contributed by atoms with Gasteiger partial charge in [0.15, 0.2) is 0 Å². The van der Waals surface area contributed by atoms with Gasteiger partial charge in [-0.15, -0.1) is 0 Å². The molecule has 0 saturated heterocycles. The predicted octanol–water partition coefficient (Wildman–Crippen LogP) is 3.12. The Bertz CT molecular complexity index is 993. The Kier molecular flexibility index (Phi) is 5.02. The average Bonchev–Trinajstić information content (AvgIpc) is 3.11. The van der Waals surface area contributed by atoms with Crippen molar-refractivity contribution < 1.29 is 14.3 Å². The minimum absolute atomic E-state index is 0.0555. The van der Waals surface area contributed by atoms with E-state index in [1.807, 2.05) is 43.3 Å². The molecule has 2 heterocycles. The van der Waals surface area contributed by atoms with E-state index < -0.39 is 0 Å². The van der Waals surface area contributed by atoms with Crippen molar-refractivity contribution in [2.75, 3.05) is 13.7 Å². The van der Waals surface area contributed by atoms with Crippen LogP contribution in [0.1, 0.15) is 16.7 Å². The van der Waals surface area contributed by atoms with Gasteiger partial charge in [0, 0.05) is 17.7 Å². The summed E-state index contributed by atoms with van der Waals surface area (Å²) in [6.45, 7) is 3.28. The van der Waals surface area contributed by atoms with Crippen molar-refractivity contribution in [2.24, 2.45) is 0 Å². The van der Waals surface area contributed by atoms with Crippen LogP contribution in [-0.2, 0) is 24.4 Å². The van der Waals surface area contributed by atoms with Gasteiger partial charge in [0.2, 0.25) is 5.91 Å². The normalized spacial score (nSPS) is 11.9. The van der Waals surface area contributed by atoms with Crippen LogP contribution in [-0.4, -0.2) is 29.3 Å². The van der Waals surface area contributed by atoms with Crippen molar-refractivity contribution in [1.29, 1.82) is 0 Å². The van der Waals surface area contributed by atoms with Gasteiger partial charge in [-0.1, -0.05) is 23.8 Å². The molecule has 0 unspecified atom stereocenters. The molecule has 0 atom stereocenters. The number of carbonyl (C=O) groups excluding carboxylic acids is 1. The van der Waals surface area contributed by atoms with Crippen LogP contribution in [0, 0.1) is 6.92 Å². The molecule has 3 aromatic rings. The fourth-order valence-electron chi connectivity index (χ4n) is 3.40. The van der Waals surface area contributed by atoms with Gasteiger partial charge >= 0.3 is 0 Å². The molecule has 0 fully saturated rings. The summed E-state index contributed by atoms with van der Waals surface area (Å²) in [5.41, 5.74) is 5.26. The molecule has 0 radical (unpaired) electrons. The van der Waals surface area contributed by atoms with Crippen molar-refractivity contribution in [3.8, 4) is 22.8 Å². The smallest absolute Gasteiger partial charge is 0.241 e. The Morgan fingerprint density at radius 2 is 2.07 bits per heavy atom. The van der Waals surface area contributed by atoms with Crippen LogP contribution in [0.3, 0.4) is 0 Å². The first-order valence-electron chi connectivity index (χ1n) is 9.32. The molecule has 1 aliphatic heterocycles. The minimum Gasteiger partial charge on any atom is -0.497 e. The topological polar surface area (TPSA) is 65.4 Å². The van der Waals surface area contributed by atoms with E-state index in [2.05, 4.69) is 16.5 Å². The van der Waals surface area contributed by atoms with Crippen LogP contribution in [0.5, 0.6) is 11.5 Å². The number of ether oxygens (including phenoxy) is 2. The van der Waals surface area contributed by atoms with Crippen LogP contribution in [0.4, 0.5) is 0 Å². The van der Waals surface area contributed by atoms with Crippen LogP contribution in [0.25, 0.3) is 11.3 Å². The maximum atomic E-state index is 12.4. The number of benzene rings is 2. The van der Waals surface area contributed by atoms with E-state index in [9.17, 15) is 4.79 Å². The molecular weight excluding hydrogens is 354 g/mol. The zero-order valence-corrected chi connectivity index (χ0v) is 16.1. The van der Waals surface area contributed by atoms with Gasteiger partial charge in [-0.25, -0.2) is 0 Å². The van der Waals surface area contributed by atoms with Gasteiger partial charge < -0.3 is 14.8 Å². The molecule has 144 valence electrons. The summed E-state index contributed by atoms with van der Waals surface area (Å²) in [7, 11) is 1.65. The highest BCUT2D eigenvalue weighted by Crippen LogP contribution is 2.37. The number of nitrogens with zero attached hydrogens (tertiary/aromatic N) is 2. The molecule has 1 aliphatic rings. The summed E-state index contributed by atoms with van der Waals surface area (Å²) in [4.78, 5) is 12.4. The molecule has 6 nitrogen and oxygen atoms in total. The van der Waals surface area contributed by atoms with E-state index in [0.717, 1.165) is 45.9 Å². The molecular formula is C22H23N3O3. The number of rotatable bonds is 6. The Morgan fingerprint density at radius 1 is 1.25 bits per heavy atom. The molecule has 6 heteroatoms. The fraction of sp³-hybridized carbons (Fsp3) is 0.273. The fourth-order valence-corrected chi connectivity index (χ4v) is 3.40. The monoisotopic (exact) mass is 377 g/mol. The van der Waals surface area contributed by atoms with Gasteiger partial charge in [-0.2, -0.15) is 5.10 Å². The van der Waals surface area contributed by atoms with E-state index in [0.29, 0.717) is 13.2 Å². The van der Waals surface area contributed by atoms with Crippen molar-refractivity contribution in [3.63, 3.8) is 0 Å². The summed E-state index contributed by atoms with van der Waals surface area (Å²) in [6, 6.07) is 13.9. The number of nitrogens with one attached hydrogen (secondary N) is 1. The molecule has 0 saturated carbocycles. The lowest BCUT2D eigenvalue weighted by Gasteiger charge is -2.19. The molecule has 1 amide bonds. The Morgan fingerprint density at radius 3 is 2.86 bits per heavy atom. The van der Waals surface area contributed by atoms with E-state index in [1.165, 1.54) is 0 Å². The van der Waals surface area contributed by atoms with Crippen molar-refractivity contribution in [3.05, 3.63) is 65.4 Å². The van der Waals surface area contributed by atoms with Crippen molar-refractivity contribution >= 4 is 5.91 Å². The maximum absolute atomic E-state index is 12.4. The number of methoxy groups -OCH3 is 1. The lowest BCUT2D eigenvalue weighted by atomic mass is 10.0. The van der Waals surface area contributed by atoms with E-state index >= 15 is 0 Å². The SMILES string of the molecule is COc1ccc(CCNC(=O)Cn2ncc3c2-c2cc(C)ccc2OC3)cc1. The lowest BCUT2D eigenvalue weighted by Crippen LogP contribution is -2.30. The molecule has 1 N–H and O–H groups in total. The summed E-state index contributed by atoms with van der Waals surface area (Å²) < 4.78 is 12.7. The highest BCUT2D eigenvalue weighted by atomic mass is 16.5. The summed E-state index contributed by atoms with van der Waals surface area (Å²) in [5.74, 6) is 1.61. The van der Waals surface area contributed by atoms with Crippen molar-refractivity contribution in [1.82, 2.24) is 15.1 Å². The van der Waals surface area contributed by atoms with E-state index in [4.69, 9.17) is 9.47 Å². The molecule has 0 bridgehead atoms. The first-order valence-corrected chi connectivity index (χ1v) is 9.32. The average molecular weight is 377 g/mol. The third-order valence-corrected chi connectivity index (χ3v) is 4.88. The standard InChI is InChI=1S/C22H23N3O3/c1-15-3-8-20-19(11-15)22-17(14-28-20)12-24-25(22)13-21(26)23-10-9-16-4-6-18(27-2)7-5-16/h3-8,11-12H,9-10,13-14H2,1-2H3,(H,23,26). The second-order valence-corrected chi connectivity index (χ2v) is 6.91. The molecule has 2 aromatic carbocycles. The van der Waals surface area contributed by atoms with Crippen LogP contribution >= 0.6 is 0 Å². The second kappa shape index (κ2) is 7.76. The Hall–Kier alpha value is -3.28. The largest absolute Gasteiger partial charge is 0.497 e. The number of aryl methyl sites for hydroxylation is 1. The zero-order valence-electron chi connectivity index (χ0n) is 16.1. The van der Waals surface area contributed by atoms with Gasteiger partial charge in [0.1, 0.15) is 24.7 Å². The van der Waals surface area contributed by atoms with Crippen LogP contribution in [0.15, 0.2) is 48.7 Å². The number of hydrogen-bond acceptors (Lipinski definition) is 4. The Labute approximate surface area is 164 Å². The number of aromatic nitrogens is 2. The highest BCUT2D eigenvalue weighted by Gasteiger charge is 2.23. The molecule has 0 aliphatic carbocycles. The molecule has 28 heavy (non-hydrogen) atoms. The van der Waals surface area contributed by atoms with Crippen LogP contribution < -0.4 is 14.8 Å². The molecule has 1 aromatic heterocycles. The number of hydrogen-bond donors (Lipinski definition) is 1. The second-order valence-electron chi connectivity index (χ2n) is 6.91. The number of fused-ring (bicyclic) bond motifs is 3.